The maximum Gasteiger partial charge on any atom is 0.416 e. The quantitative estimate of drug-likeness (QED) is 0.910. The van der Waals surface area contributed by atoms with Gasteiger partial charge in [-0.15, -0.1) is 0 Å². The first-order chi connectivity index (χ1) is 9.82. The molecule has 0 spiro atoms. The molecule has 0 heterocycles. The van der Waals surface area contributed by atoms with E-state index in [0.29, 0.717) is 21.9 Å². The van der Waals surface area contributed by atoms with E-state index in [-0.39, 0.29) is 0 Å². The van der Waals surface area contributed by atoms with Gasteiger partial charge in [0.2, 0.25) is 0 Å². The van der Waals surface area contributed by atoms with Gasteiger partial charge in [-0.25, -0.2) is 0 Å². The summed E-state index contributed by atoms with van der Waals surface area (Å²) in [5.74, 6) is 0.556. The van der Waals surface area contributed by atoms with Crippen molar-refractivity contribution in [1.29, 1.82) is 0 Å². The highest BCUT2D eigenvalue weighted by molar-refractivity contribution is 6.31. The van der Waals surface area contributed by atoms with Crippen LogP contribution in [0.4, 0.5) is 13.2 Å². The summed E-state index contributed by atoms with van der Waals surface area (Å²) in [6.07, 6.45) is -4.40. The Kier molecular flexibility index (Phi) is 4.44. The molecule has 2 rings (SSSR count). The fourth-order valence-corrected chi connectivity index (χ4v) is 2.26. The molecule has 0 radical (unpaired) electrons. The topological polar surface area (TPSA) is 35.2 Å². The summed E-state index contributed by atoms with van der Waals surface area (Å²) < 4.78 is 43.2. The van der Waals surface area contributed by atoms with Gasteiger partial charge in [-0.1, -0.05) is 29.8 Å². The van der Waals surface area contributed by atoms with Crippen molar-refractivity contribution in [2.75, 3.05) is 7.11 Å². The van der Waals surface area contributed by atoms with Crippen LogP contribution < -0.4 is 10.5 Å². The standard InChI is InChI=1S/C15H13ClF3NO/c1-21-11-5-6-12(13(16)8-11)14(20)9-3-2-4-10(7-9)15(17,18)19/h2-8,14H,20H2,1H3. The van der Waals surface area contributed by atoms with E-state index in [9.17, 15) is 13.2 Å². The largest absolute Gasteiger partial charge is 0.497 e. The SMILES string of the molecule is COc1ccc(C(N)c2cccc(C(F)(F)F)c2)c(Cl)c1. The van der Waals surface area contributed by atoms with E-state index in [2.05, 4.69) is 0 Å². The van der Waals surface area contributed by atoms with Gasteiger partial charge in [0, 0.05) is 5.02 Å². The molecule has 0 saturated carbocycles. The Morgan fingerprint density at radius 2 is 1.86 bits per heavy atom. The second kappa shape index (κ2) is 5.95. The van der Waals surface area contributed by atoms with Crippen LogP contribution in [0.3, 0.4) is 0 Å². The lowest BCUT2D eigenvalue weighted by molar-refractivity contribution is -0.137. The Morgan fingerprint density at radius 1 is 1.14 bits per heavy atom. The van der Waals surface area contributed by atoms with Crippen LogP contribution in [0.15, 0.2) is 42.5 Å². The molecule has 2 N–H and O–H groups in total. The minimum atomic E-state index is -4.40. The number of methoxy groups -OCH3 is 1. The number of ether oxygens (including phenoxy) is 1. The minimum absolute atomic E-state index is 0.344. The fourth-order valence-electron chi connectivity index (χ4n) is 1.98. The van der Waals surface area contributed by atoms with Gasteiger partial charge < -0.3 is 10.5 Å². The molecule has 0 aliphatic rings. The Hall–Kier alpha value is -1.72. The maximum absolute atomic E-state index is 12.7. The number of rotatable bonds is 3. The summed E-state index contributed by atoms with van der Waals surface area (Å²) in [4.78, 5) is 0. The van der Waals surface area contributed by atoms with E-state index in [1.54, 1.807) is 24.3 Å². The van der Waals surface area contributed by atoms with Crippen LogP contribution in [0.25, 0.3) is 0 Å². The highest BCUT2D eigenvalue weighted by Gasteiger charge is 2.31. The van der Waals surface area contributed by atoms with E-state index < -0.39 is 17.8 Å². The summed E-state index contributed by atoms with van der Waals surface area (Å²) in [7, 11) is 1.50. The molecule has 0 bridgehead atoms. The summed E-state index contributed by atoms with van der Waals surface area (Å²) >= 11 is 6.10. The summed E-state index contributed by atoms with van der Waals surface area (Å²) in [6.45, 7) is 0. The minimum Gasteiger partial charge on any atom is -0.497 e. The molecule has 0 aromatic heterocycles. The normalized spacial score (nSPS) is 13.0. The van der Waals surface area contributed by atoms with Crippen LogP contribution in [0.5, 0.6) is 5.75 Å². The summed E-state index contributed by atoms with van der Waals surface area (Å²) in [6, 6.07) is 9.05. The predicted octanol–water partition coefficient (Wildman–Crippen LogP) is 4.42. The number of nitrogens with two attached hydrogens (primary N) is 1. The molecule has 6 heteroatoms. The number of benzene rings is 2. The van der Waals surface area contributed by atoms with E-state index in [4.69, 9.17) is 22.1 Å². The lowest BCUT2D eigenvalue weighted by Crippen LogP contribution is -2.14. The number of hydrogen-bond donors (Lipinski definition) is 1. The van der Waals surface area contributed by atoms with E-state index in [1.165, 1.54) is 13.2 Å². The van der Waals surface area contributed by atoms with Crippen molar-refractivity contribution in [2.45, 2.75) is 12.2 Å². The highest BCUT2D eigenvalue weighted by Crippen LogP contribution is 2.33. The molecule has 21 heavy (non-hydrogen) atoms. The zero-order chi connectivity index (χ0) is 15.6. The number of halogens is 4. The molecule has 112 valence electrons. The second-order valence-electron chi connectivity index (χ2n) is 4.49. The molecular formula is C15H13ClF3NO. The van der Waals surface area contributed by atoms with Gasteiger partial charge in [-0.3, -0.25) is 0 Å². The first kappa shape index (κ1) is 15.7. The van der Waals surface area contributed by atoms with Crippen molar-refractivity contribution in [3.63, 3.8) is 0 Å². The third-order valence-electron chi connectivity index (χ3n) is 3.12. The van der Waals surface area contributed by atoms with Crippen LogP contribution in [0.2, 0.25) is 5.02 Å². The summed E-state index contributed by atoms with van der Waals surface area (Å²) in [5.41, 5.74) is 6.18. The first-order valence-electron chi connectivity index (χ1n) is 6.09. The maximum atomic E-state index is 12.7. The van der Waals surface area contributed by atoms with Gasteiger partial charge in [0.25, 0.3) is 0 Å². The Bertz CT molecular complexity index is 643. The van der Waals surface area contributed by atoms with Gasteiger partial charge >= 0.3 is 6.18 Å². The molecule has 0 amide bonds. The van der Waals surface area contributed by atoms with E-state index in [1.807, 2.05) is 0 Å². The zero-order valence-electron chi connectivity index (χ0n) is 11.1. The Labute approximate surface area is 125 Å². The fraction of sp³-hybridized carbons (Fsp3) is 0.200. The molecule has 2 aromatic rings. The van der Waals surface area contributed by atoms with Crippen molar-refractivity contribution >= 4 is 11.6 Å². The molecule has 0 saturated heterocycles. The Balaban J connectivity index is 2.38. The number of hydrogen-bond acceptors (Lipinski definition) is 2. The lowest BCUT2D eigenvalue weighted by Gasteiger charge is -2.16. The van der Waals surface area contributed by atoms with Crippen LogP contribution in [-0.2, 0) is 6.18 Å². The smallest absolute Gasteiger partial charge is 0.416 e. The number of alkyl halides is 3. The van der Waals surface area contributed by atoms with Gasteiger partial charge in [-0.2, -0.15) is 13.2 Å². The Morgan fingerprint density at radius 3 is 2.43 bits per heavy atom. The molecule has 1 atom stereocenters. The van der Waals surface area contributed by atoms with Gasteiger partial charge in [0.1, 0.15) is 5.75 Å². The van der Waals surface area contributed by atoms with Crippen molar-refractivity contribution < 1.29 is 17.9 Å². The first-order valence-corrected chi connectivity index (χ1v) is 6.47. The molecule has 2 aromatic carbocycles. The molecule has 0 aliphatic heterocycles. The summed E-state index contributed by atoms with van der Waals surface area (Å²) in [5, 5.41) is 0.347. The third-order valence-corrected chi connectivity index (χ3v) is 3.44. The van der Waals surface area contributed by atoms with Crippen molar-refractivity contribution in [3.05, 3.63) is 64.2 Å². The van der Waals surface area contributed by atoms with Gasteiger partial charge in [-0.05, 0) is 35.4 Å². The van der Waals surface area contributed by atoms with Gasteiger partial charge in [0.15, 0.2) is 0 Å². The van der Waals surface area contributed by atoms with Crippen molar-refractivity contribution in [2.24, 2.45) is 5.73 Å². The average Bonchev–Trinajstić information content (AvgIpc) is 2.45. The van der Waals surface area contributed by atoms with E-state index >= 15 is 0 Å². The molecule has 1 unspecified atom stereocenters. The van der Waals surface area contributed by atoms with Crippen LogP contribution in [0, 0.1) is 0 Å². The molecule has 2 nitrogen and oxygen atoms in total. The van der Waals surface area contributed by atoms with Crippen molar-refractivity contribution in [1.82, 2.24) is 0 Å². The molecule has 0 fully saturated rings. The average molecular weight is 316 g/mol. The zero-order valence-corrected chi connectivity index (χ0v) is 11.9. The van der Waals surface area contributed by atoms with Crippen LogP contribution >= 0.6 is 11.6 Å². The predicted molar refractivity (Wildman–Crippen MR) is 75.5 cm³/mol. The highest BCUT2D eigenvalue weighted by atomic mass is 35.5. The molecular weight excluding hydrogens is 303 g/mol. The van der Waals surface area contributed by atoms with Gasteiger partial charge in [0.05, 0.1) is 18.7 Å². The molecule has 0 aliphatic carbocycles. The monoisotopic (exact) mass is 315 g/mol. The third kappa shape index (κ3) is 3.49. The van der Waals surface area contributed by atoms with E-state index in [0.717, 1.165) is 12.1 Å². The van der Waals surface area contributed by atoms with Crippen LogP contribution in [-0.4, -0.2) is 7.11 Å². The second-order valence-corrected chi connectivity index (χ2v) is 4.90. The van der Waals surface area contributed by atoms with Crippen LogP contribution in [0.1, 0.15) is 22.7 Å². The lowest BCUT2D eigenvalue weighted by atomic mass is 9.97. The van der Waals surface area contributed by atoms with Crippen molar-refractivity contribution in [3.8, 4) is 5.75 Å².